The van der Waals surface area contributed by atoms with E-state index in [0.717, 1.165) is 11.4 Å². The van der Waals surface area contributed by atoms with Crippen molar-refractivity contribution in [2.75, 3.05) is 5.32 Å². The summed E-state index contributed by atoms with van der Waals surface area (Å²) in [7, 11) is 0. The summed E-state index contributed by atoms with van der Waals surface area (Å²) < 4.78 is 0. The Morgan fingerprint density at radius 2 is 1.83 bits per heavy atom. The molecule has 0 aliphatic rings. The van der Waals surface area contributed by atoms with Crippen LogP contribution in [-0.2, 0) is 0 Å². The summed E-state index contributed by atoms with van der Waals surface area (Å²) in [5.41, 5.74) is 3.09. The maximum absolute atomic E-state index is 4.39. The maximum Gasteiger partial charge on any atom is 0.243 e. The predicted molar refractivity (Wildman–Crippen MR) is 75.1 cm³/mol. The number of aromatic nitrogens is 3. The van der Waals surface area contributed by atoms with Crippen LogP contribution in [0.5, 0.6) is 0 Å². The van der Waals surface area contributed by atoms with Gasteiger partial charge in [-0.2, -0.15) is 5.10 Å². The first-order valence-corrected chi connectivity index (χ1v) is 6.80. The summed E-state index contributed by atoms with van der Waals surface area (Å²) in [4.78, 5) is 7.06. The molecule has 4 nitrogen and oxygen atoms in total. The zero-order valence-corrected chi connectivity index (χ0v) is 12.2. The van der Waals surface area contributed by atoms with Crippen molar-refractivity contribution in [3.8, 4) is 0 Å². The minimum Gasteiger partial charge on any atom is -0.346 e. The minimum absolute atomic E-state index is 0.193. The van der Waals surface area contributed by atoms with Crippen LogP contribution in [-0.4, -0.2) is 15.2 Å². The Bertz CT molecular complexity index is 562. The average molecular weight is 262 g/mol. The van der Waals surface area contributed by atoms with Gasteiger partial charge in [0.1, 0.15) is 0 Å². The highest BCUT2D eigenvalue weighted by Gasteiger charge is 2.12. The normalized spacial score (nSPS) is 12.5. The van der Waals surface area contributed by atoms with Crippen LogP contribution < -0.4 is 5.32 Å². The van der Waals surface area contributed by atoms with Gasteiger partial charge in [0.15, 0.2) is 0 Å². The highest BCUT2D eigenvalue weighted by Crippen LogP contribution is 2.27. The van der Waals surface area contributed by atoms with Crippen LogP contribution in [0, 0.1) is 27.7 Å². The predicted octanol–water partition coefficient (Wildman–Crippen LogP) is 3.34. The van der Waals surface area contributed by atoms with Gasteiger partial charge in [0.25, 0.3) is 0 Å². The molecule has 0 saturated heterocycles. The number of hydrogen-bond acceptors (Lipinski definition) is 5. The summed E-state index contributed by atoms with van der Waals surface area (Å²) in [6, 6.07) is 2.41. The Morgan fingerprint density at radius 3 is 2.39 bits per heavy atom. The lowest BCUT2D eigenvalue weighted by Crippen LogP contribution is -2.11. The fraction of sp³-hybridized carbons (Fsp3) is 0.462. The van der Waals surface area contributed by atoms with E-state index in [1.807, 2.05) is 25.2 Å². The highest BCUT2D eigenvalue weighted by molar-refractivity contribution is 7.12. The Morgan fingerprint density at radius 1 is 1.11 bits per heavy atom. The molecule has 0 fully saturated rings. The molecule has 0 amide bonds. The molecule has 5 heteroatoms. The number of aryl methyl sites for hydroxylation is 4. The van der Waals surface area contributed by atoms with Crippen molar-refractivity contribution in [2.45, 2.75) is 40.7 Å². The average Bonchev–Trinajstić information content (AvgIpc) is 2.63. The standard InChI is InChI=1S/C13H18N4S/c1-7-6-12(11(5)18-7)10(4)15-13-14-8(2)9(3)16-17-13/h6,10H,1-5H3,(H,14,15,17). The SMILES string of the molecule is Cc1cc(C(C)Nc2nnc(C)c(C)n2)c(C)s1. The molecule has 0 aliphatic heterocycles. The molecule has 18 heavy (non-hydrogen) atoms. The largest absolute Gasteiger partial charge is 0.346 e. The summed E-state index contributed by atoms with van der Waals surface area (Å²) in [6.07, 6.45) is 0. The van der Waals surface area contributed by atoms with E-state index >= 15 is 0 Å². The van der Waals surface area contributed by atoms with Crippen LogP contribution in [0.4, 0.5) is 5.95 Å². The first-order valence-electron chi connectivity index (χ1n) is 5.98. The molecule has 96 valence electrons. The first-order chi connectivity index (χ1) is 8.47. The van der Waals surface area contributed by atoms with E-state index in [9.17, 15) is 0 Å². The molecule has 2 rings (SSSR count). The lowest BCUT2D eigenvalue weighted by molar-refractivity contribution is 0.819. The fourth-order valence-electron chi connectivity index (χ4n) is 1.87. The van der Waals surface area contributed by atoms with Gasteiger partial charge in [0, 0.05) is 9.75 Å². The van der Waals surface area contributed by atoms with Crippen LogP contribution in [0.3, 0.4) is 0 Å². The van der Waals surface area contributed by atoms with Gasteiger partial charge in [-0.3, -0.25) is 0 Å². The Hall–Kier alpha value is -1.49. The molecular weight excluding hydrogens is 244 g/mol. The van der Waals surface area contributed by atoms with E-state index in [1.54, 1.807) is 0 Å². The number of nitrogens with one attached hydrogen (secondary N) is 1. The topological polar surface area (TPSA) is 50.7 Å². The third-order valence-electron chi connectivity index (χ3n) is 2.98. The molecule has 0 aliphatic carbocycles. The molecule has 1 N–H and O–H groups in total. The molecular formula is C13H18N4S. The van der Waals surface area contributed by atoms with Crippen molar-refractivity contribution >= 4 is 17.3 Å². The second-order valence-corrected chi connectivity index (χ2v) is 6.00. The number of rotatable bonds is 3. The molecule has 0 saturated carbocycles. The van der Waals surface area contributed by atoms with Crippen LogP contribution in [0.1, 0.15) is 39.7 Å². The van der Waals surface area contributed by atoms with E-state index < -0.39 is 0 Å². The number of hydrogen-bond donors (Lipinski definition) is 1. The summed E-state index contributed by atoms with van der Waals surface area (Å²) in [6.45, 7) is 10.2. The van der Waals surface area contributed by atoms with E-state index in [2.05, 4.69) is 47.3 Å². The number of nitrogens with zero attached hydrogens (tertiary/aromatic N) is 3. The molecule has 2 aromatic rings. The molecule has 2 heterocycles. The van der Waals surface area contributed by atoms with Gasteiger partial charge in [0.2, 0.25) is 5.95 Å². The fourth-order valence-corrected chi connectivity index (χ4v) is 2.89. The summed E-state index contributed by atoms with van der Waals surface area (Å²) in [5.74, 6) is 0.592. The van der Waals surface area contributed by atoms with Gasteiger partial charge >= 0.3 is 0 Å². The van der Waals surface area contributed by atoms with E-state index in [1.165, 1.54) is 15.3 Å². The second kappa shape index (κ2) is 5.02. The molecule has 2 aromatic heterocycles. The summed E-state index contributed by atoms with van der Waals surface area (Å²) in [5, 5.41) is 11.5. The van der Waals surface area contributed by atoms with Crippen LogP contribution in [0.25, 0.3) is 0 Å². The molecule has 0 bridgehead atoms. The summed E-state index contributed by atoms with van der Waals surface area (Å²) >= 11 is 1.82. The lowest BCUT2D eigenvalue weighted by atomic mass is 10.1. The van der Waals surface area contributed by atoms with Crippen LogP contribution in [0.15, 0.2) is 6.07 Å². The Labute approximate surface area is 111 Å². The van der Waals surface area contributed by atoms with Crippen molar-refractivity contribution in [1.82, 2.24) is 15.2 Å². The molecule has 1 unspecified atom stereocenters. The van der Waals surface area contributed by atoms with E-state index in [4.69, 9.17) is 0 Å². The molecule has 1 atom stereocenters. The zero-order valence-electron chi connectivity index (χ0n) is 11.4. The Balaban J connectivity index is 2.18. The smallest absolute Gasteiger partial charge is 0.243 e. The zero-order chi connectivity index (χ0) is 13.3. The van der Waals surface area contributed by atoms with Gasteiger partial charge in [0.05, 0.1) is 17.4 Å². The molecule has 0 spiro atoms. The lowest BCUT2D eigenvalue weighted by Gasteiger charge is -2.13. The number of anilines is 1. The van der Waals surface area contributed by atoms with Gasteiger partial charge in [-0.1, -0.05) is 0 Å². The van der Waals surface area contributed by atoms with Crippen molar-refractivity contribution < 1.29 is 0 Å². The highest BCUT2D eigenvalue weighted by atomic mass is 32.1. The quantitative estimate of drug-likeness (QED) is 0.921. The van der Waals surface area contributed by atoms with E-state index in [0.29, 0.717) is 5.95 Å². The van der Waals surface area contributed by atoms with Crippen molar-refractivity contribution in [3.05, 3.63) is 32.8 Å². The third kappa shape index (κ3) is 2.67. The van der Waals surface area contributed by atoms with Crippen molar-refractivity contribution in [3.63, 3.8) is 0 Å². The maximum atomic E-state index is 4.39. The third-order valence-corrected chi connectivity index (χ3v) is 3.97. The van der Waals surface area contributed by atoms with Gasteiger partial charge in [-0.05, 0) is 46.2 Å². The van der Waals surface area contributed by atoms with Crippen LogP contribution >= 0.6 is 11.3 Å². The van der Waals surface area contributed by atoms with Crippen molar-refractivity contribution in [1.29, 1.82) is 0 Å². The van der Waals surface area contributed by atoms with Gasteiger partial charge in [-0.15, -0.1) is 16.4 Å². The van der Waals surface area contributed by atoms with Crippen LogP contribution in [0.2, 0.25) is 0 Å². The Kier molecular flexibility index (Phi) is 3.61. The monoisotopic (exact) mass is 262 g/mol. The van der Waals surface area contributed by atoms with Gasteiger partial charge in [-0.25, -0.2) is 4.98 Å². The van der Waals surface area contributed by atoms with Gasteiger partial charge < -0.3 is 5.32 Å². The number of thiophene rings is 1. The molecule has 0 radical (unpaired) electrons. The first kappa shape index (κ1) is 13.0. The van der Waals surface area contributed by atoms with E-state index in [-0.39, 0.29) is 6.04 Å². The minimum atomic E-state index is 0.193. The second-order valence-electron chi connectivity index (χ2n) is 4.54. The molecule has 0 aromatic carbocycles. The van der Waals surface area contributed by atoms with Crippen molar-refractivity contribution in [2.24, 2.45) is 0 Å².